The lowest BCUT2D eigenvalue weighted by Crippen LogP contribution is -2.11. The summed E-state index contributed by atoms with van der Waals surface area (Å²) in [5.74, 6) is 1.24. The van der Waals surface area contributed by atoms with Crippen LogP contribution in [0.25, 0.3) is 0 Å². The van der Waals surface area contributed by atoms with E-state index < -0.39 is 0 Å². The van der Waals surface area contributed by atoms with Crippen molar-refractivity contribution in [1.82, 2.24) is 0 Å². The van der Waals surface area contributed by atoms with Gasteiger partial charge < -0.3 is 5.11 Å². The molecule has 1 aliphatic rings. The molecule has 0 spiro atoms. The molecule has 0 radical (unpaired) electrons. The second-order valence-electron chi connectivity index (χ2n) is 5.92. The second-order valence-corrected chi connectivity index (χ2v) is 5.92. The summed E-state index contributed by atoms with van der Waals surface area (Å²) in [6, 6.07) is 4.38. The van der Waals surface area contributed by atoms with Gasteiger partial charge in [-0.2, -0.15) is 0 Å². The van der Waals surface area contributed by atoms with Crippen LogP contribution in [0.2, 0.25) is 0 Å². The van der Waals surface area contributed by atoms with Crippen molar-refractivity contribution in [2.75, 3.05) is 0 Å². The molecule has 0 heterocycles. The van der Waals surface area contributed by atoms with E-state index in [0.29, 0.717) is 5.92 Å². The van der Waals surface area contributed by atoms with E-state index in [-0.39, 0.29) is 6.10 Å². The molecule has 1 N–H and O–H groups in total. The zero-order valence-electron chi connectivity index (χ0n) is 11.5. The third-order valence-corrected chi connectivity index (χ3v) is 4.38. The number of aryl methyl sites for hydroxylation is 3. The monoisotopic (exact) mass is 232 g/mol. The lowest BCUT2D eigenvalue weighted by atomic mass is 9.89. The van der Waals surface area contributed by atoms with Crippen LogP contribution in [0.4, 0.5) is 0 Å². The Morgan fingerprint density at radius 1 is 1.06 bits per heavy atom. The van der Waals surface area contributed by atoms with Gasteiger partial charge in [0.15, 0.2) is 0 Å². The number of aliphatic hydroxyl groups is 1. The quantitative estimate of drug-likeness (QED) is 0.814. The van der Waals surface area contributed by atoms with Gasteiger partial charge in [-0.3, -0.25) is 0 Å². The SMILES string of the molecule is Cc1cc(C)c(C(O)C2CCC(C)C2)cc1C. The van der Waals surface area contributed by atoms with Gasteiger partial charge in [-0.1, -0.05) is 25.5 Å². The zero-order valence-corrected chi connectivity index (χ0v) is 11.5. The summed E-state index contributed by atoms with van der Waals surface area (Å²) >= 11 is 0. The van der Waals surface area contributed by atoms with Crippen molar-refractivity contribution in [2.45, 2.75) is 53.1 Å². The van der Waals surface area contributed by atoms with Crippen LogP contribution in [0.3, 0.4) is 0 Å². The van der Waals surface area contributed by atoms with Crippen molar-refractivity contribution in [1.29, 1.82) is 0 Å². The van der Waals surface area contributed by atoms with E-state index in [1.165, 1.54) is 36.0 Å². The molecule has 1 aromatic carbocycles. The van der Waals surface area contributed by atoms with Crippen molar-refractivity contribution in [3.05, 3.63) is 34.4 Å². The highest BCUT2D eigenvalue weighted by Gasteiger charge is 2.29. The number of benzene rings is 1. The van der Waals surface area contributed by atoms with Crippen LogP contribution < -0.4 is 0 Å². The van der Waals surface area contributed by atoms with Crippen molar-refractivity contribution < 1.29 is 5.11 Å². The molecule has 94 valence electrons. The van der Waals surface area contributed by atoms with E-state index in [2.05, 4.69) is 39.8 Å². The molecule has 1 aliphatic carbocycles. The summed E-state index contributed by atoms with van der Waals surface area (Å²) in [7, 11) is 0. The van der Waals surface area contributed by atoms with Gasteiger partial charge >= 0.3 is 0 Å². The molecule has 0 bridgehead atoms. The topological polar surface area (TPSA) is 20.2 Å². The second kappa shape index (κ2) is 4.81. The van der Waals surface area contributed by atoms with Crippen LogP contribution >= 0.6 is 0 Å². The van der Waals surface area contributed by atoms with Gasteiger partial charge in [0.1, 0.15) is 0 Å². The summed E-state index contributed by atoms with van der Waals surface area (Å²) in [5, 5.41) is 10.5. The van der Waals surface area contributed by atoms with Crippen molar-refractivity contribution in [3.63, 3.8) is 0 Å². The highest BCUT2D eigenvalue weighted by Crippen LogP contribution is 2.39. The molecule has 1 aromatic rings. The number of hydrogen-bond acceptors (Lipinski definition) is 1. The Morgan fingerprint density at radius 3 is 2.29 bits per heavy atom. The Kier molecular flexibility index (Phi) is 3.58. The summed E-state index contributed by atoms with van der Waals surface area (Å²) in [4.78, 5) is 0. The van der Waals surface area contributed by atoms with E-state index in [1.54, 1.807) is 0 Å². The minimum absolute atomic E-state index is 0.265. The van der Waals surface area contributed by atoms with E-state index in [9.17, 15) is 5.11 Å². The Balaban J connectivity index is 2.24. The molecule has 1 nitrogen and oxygen atoms in total. The molecule has 0 aliphatic heterocycles. The first kappa shape index (κ1) is 12.6. The smallest absolute Gasteiger partial charge is 0.0820 e. The summed E-state index contributed by atoms with van der Waals surface area (Å²) in [6.07, 6.45) is 3.35. The molecule has 2 rings (SSSR count). The fraction of sp³-hybridized carbons (Fsp3) is 0.625. The standard InChI is InChI=1S/C16H24O/c1-10-5-6-14(7-10)16(17)15-9-12(3)11(2)8-13(15)4/h8-10,14,16-17H,5-7H2,1-4H3. The average molecular weight is 232 g/mol. The lowest BCUT2D eigenvalue weighted by molar-refractivity contribution is 0.109. The van der Waals surface area contributed by atoms with E-state index in [4.69, 9.17) is 0 Å². The molecule has 1 heteroatoms. The van der Waals surface area contributed by atoms with Gasteiger partial charge in [-0.05, 0) is 67.7 Å². The van der Waals surface area contributed by atoms with Gasteiger partial charge in [0, 0.05) is 0 Å². The third kappa shape index (κ3) is 2.55. The number of rotatable bonds is 2. The third-order valence-electron chi connectivity index (χ3n) is 4.38. The molecular weight excluding hydrogens is 208 g/mol. The predicted molar refractivity (Wildman–Crippen MR) is 72.1 cm³/mol. The molecule has 3 atom stereocenters. The normalized spacial score (nSPS) is 26.2. The molecule has 3 unspecified atom stereocenters. The minimum Gasteiger partial charge on any atom is -0.388 e. The Hall–Kier alpha value is -0.820. The van der Waals surface area contributed by atoms with E-state index in [0.717, 1.165) is 11.5 Å². The maximum atomic E-state index is 10.5. The highest BCUT2D eigenvalue weighted by molar-refractivity contribution is 5.37. The van der Waals surface area contributed by atoms with Gasteiger partial charge in [-0.25, -0.2) is 0 Å². The van der Waals surface area contributed by atoms with Gasteiger partial charge in [0.2, 0.25) is 0 Å². The van der Waals surface area contributed by atoms with Crippen LogP contribution in [0, 0.1) is 32.6 Å². The maximum Gasteiger partial charge on any atom is 0.0820 e. The number of aliphatic hydroxyl groups excluding tert-OH is 1. The Morgan fingerprint density at radius 2 is 1.71 bits per heavy atom. The fourth-order valence-corrected chi connectivity index (χ4v) is 3.09. The predicted octanol–water partition coefficient (Wildman–Crippen LogP) is 4.08. The number of hydrogen-bond donors (Lipinski definition) is 1. The van der Waals surface area contributed by atoms with Crippen molar-refractivity contribution >= 4 is 0 Å². The van der Waals surface area contributed by atoms with E-state index in [1.807, 2.05) is 0 Å². The van der Waals surface area contributed by atoms with Crippen LogP contribution in [0.15, 0.2) is 12.1 Å². The molecule has 1 fully saturated rings. The lowest BCUT2D eigenvalue weighted by Gasteiger charge is -2.21. The zero-order chi connectivity index (χ0) is 12.6. The first-order chi connectivity index (χ1) is 7.99. The van der Waals surface area contributed by atoms with Gasteiger partial charge in [0.05, 0.1) is 6.10 Å². The van der Waals surface area contributed by atoms with Crippen LogP contribution in [0.1, 0.15) is 54.5 Å². The Labute approximate surface area is 105 Å². The fourth-order valence-electron chi connectivity index (χ4n) is 3.09. The molecule has 0 aromatic heterocycles. The van der Waals surface area contributed by atoms with E-state index >= 15 is 0 Å². The van der Waals surface area contributed by atoms with Crippen LogP contribution in [-0.4, -0.2) is 5.11 Å². The van der Waals surface area contributed by atoms with Crippen LogP contribution in [0.5, 0.6) is 0 Å². The molecule has 1 saturated carbocycles. The van der Waals surface area contributed by atoms with Gasteiger partial charge in [0.25, 0.3) is 0 Å². The molecule has 0 amide bonds. The van der Waals surface area contributed by atoms with Crippen LogP contribution in [-0.2, 0) is 0 Å². The molecule has 0 saturated heterocycles. The largest absolute Gasteiger partial charge is 0.388 e. The molecular formula is C16H24O. The maximum absolute atomic E-state index is 10.5. The van der Waals surface area contributed by atoms with Gasteiger partial charge in [-0.15, -0.1) is 0 Å². The summed E-state index contributed by atoms with van der Waals surface area (Å²) in [5.41, 5.74) is 4.99. The summed E-state index contributed by atoms with van der Waals surface area (Å²) < 4.78 is 0. The summed E-state index contributed by atoms with van der Waals surface area (Å²) in [6.45, 7) is 8.67. The molecule has 17 heavy (non-hydrogen) atoms. The Bertz CT molecular complexity index is 408. The average Bonchev–Trinajstić information content (AvgIpc) is 2.69. The minimum atomic E-state index is -0.265. The first-order valence-corrected chi connectivity index (χ1v) is 6.75. The first-order valence-electron chi connectivity index (χ1n) is 6.75. The van der Waals surface area contributed by atoms with Crippen molar-refractivity contribution in [2.24, 2.45) is 11.8 Å². The van der Waals surface area contributed by atoms with Crippen molar-refractivity contribution in [3.8, 4) is 0 Å². The highest BCUT2D eigenvalue weighted by atomic mass is 16.3.